The third kappa shape index (κ3) is 7.56. The lowest BCUT2D eigenvalue weighted by Crippen LogP contribution is -2.59. The zero-order valence-electron chi connectivity index (χ0n) is 18.9. The second kappa shape index (κ2) is 11.1. The summed E-state index contributed by atoms with van der Waals surface area (Å²) >= 11 is 5.96. The molecule has 7 heteroatoms. The van der Waals surface area contributed by atoms with Gasteiger partial charge < -0.3 is 20.9 Å². The van der Waals surface area contributed by atoms with E-state index in [0.29, 0.717) is 0 Å². The monoisotopic (exact) mass is 436 g/mol. The van der Waals surface area contributed by atoms with Crippen LogP contribution >= 0.6 is 11.6 Å². The smallest absolute Gasteiger partial charge is 0.243 e. The first kappa shape index (κ1) is 24.6. The van der Waals surface area contributed by atoms with Gasteiger partial charge in [0.2, 0.25) is 11.8 Å². The van der Waals surface area contributed by atoms with Crippen molar-refractivity contribution < 1.29 is 9.59 Å². The molecule has 1 fully saturated rings. The molecule has 1 aliphatic heterocycles. The topological polar surface area (TPSA) is 73.5 Å². The number of amides is 2. The summed E-state index contributed by atoms with van der Waals surface area (Å²) < 4.78 is 0. The minimum absolute atomic E-state index is 0.0972. The predicted molar refractivity (Wildman–Crippen MR) is 123 cm³/mol. The van der Waals surface area contributed by atoms with E-state index in [1.165, 1.54) is 5.56 Å². The Kier molecular flexibility index (Phi) is 9.13. The number of hydrogen-bond donors (Lipinski definition) is 3. The zero-order valence-corrected chi connectivity index (χ0v) is 19.7. The van der Waals surface area contributed by atoms with Crippen LogP contribution in [-0.4, -0.2) is 61.5 Å². The van der Waals surface area contributed by atoms with Gasteiger partial charge >= 0.3 is 0 Å². The van der Waals surface area contributed by atoms with E-state index in [4.69, 9.17) is 11.6 Å². The highest BCUT2D eigenvalue weighted by molar-refractivity contribution is 6.30. The molecule has 6 nitrogen and oxygen atoms in total. The molecular weight excluding hydrogens is 400 g/mol. The van der Waals surface area contributed by atoms with E-state index in [2.05, 4.69) is 33.0 Å². The number of piperidine rings is 1. The summed E-state index contributed by atoms with van der Waals surface area (Å²) in [5, 5.41) is 9.79. The predicted octanol–water partition coefficient (Wildman–Crippen LogP) is 2.60. The Labute approximate surface area is 186 Å². The number of nitrogens with zero attached hydrogens (tertiary/aromatic N) is 1. The molecule has 2 amide bonds. The van der Waals surface area contributed by atoms with Gasteiger partial charge in [0.05, 0.1) is 6.04 Å². The summed E-state index contributed by atoms with van der Waals surface area (Å²) in [6, 6.07) is 7.14. The van der Waals surface area contributed by atoms with Crippen LogP contribution in [0.2, 0.25) is 5.02 Å². The first-order valence-corrected chi connectivity index (χ1v) is 11.2. The van der Waals surface area contributed by atoms with E-state index in [9.17, 15) is 9.59 Å². The molecule has 1 heterocycles. The summed E-state index contributed by atoms with van der Waals surface area (Å²) in [7, 11) is 1.73. The summed E-state index contributed by atoms with van der Waals surface area (Å²) in [5.41, 5.74) is 0.885. The maximum atomic E-state index is 13.0. The minimum Gasteiger partial charge on any atom is -0.350 e. The Morgan fingerprint density at radius 2 is 1.87 bits per heavy atom. The van der Waals surface area contributed by atoms with Crippen LogP contribution in [0.25, 0.3) is 0 Å². The quantitative estimate of drug-likeness (QED) is 0.585. The van der Waals surface area contributed by atoms with Gasteiger partial charge in [-0.3, -0.25) is 9.59 Å². The van der Waals surface area contributed by atoms with Gasteiger partial charge in [-0.15, -0.1) is 0 Å². The van der Waals surface area contributed by atoms with Crippen LogP contribution in [0, 0.1) is 5.41 Å². The van der Waals surface area contributed by atoms with Gasteiger partial charge in [-0.25, -0.2) is 0 Å². The zero-order chi connectivity index (χ0) is 22.3. The number of hydrogen-bond acceptors (Lipinski definition) is 4. The fourth-order valence-electron chi connectivity index (χ4n) is 3.67. The van der Waals surface area contributed by atoms with Crippen LogP contribution in [0.3, 0.4) is 0 Å². The number of nitrogens with one attached hydrogen (secondary N) is 3. The Morgan fingerprint density at radius 1 is 1.20 bits per heavy atom. The third-order valence-corrected chi connectivity index (χ3v) is 5.97. The van der Waals surface area contributed by atoms with E-state index in [1.54, 1.807) is 14.0 Å². The van der Waals surface area contributed by atoms with Crippen molar-refractivity contribution >= 4 is 23.4 Å². The molecule has 0 radical (unpaired) electrons. The molecule has 0 spiro atoms. The lowest BCUT2D eigenvalue weighted by molar-refractivity contribution is -0.133. The van der Waals surface area contributed by atoms with Crippen molar-refractivity contribution in [2.75, 3.05) is 26.7 Å². The van der Waals surface area contributed by atoms with Crippen LogP contribution in [0.15, 0.2) is 24.3 Å². The lowest BCUT2D eigenvalue weighted by Gasteiger charge is -2.36. The van der Waals surface area contributed by atoms with Crippen molar-refractivity contribution in [2.24, 2.45) is 5.41 Å². The summed E-state index contributed by atoms with van der Waals surface area (Å²) in [6.45, 7) is 10.5. The molecule has 1 saturated heterocycles. The summed E-state index contributed by atoms with van der Waals surface area (Å²) in [6.07, 6.45) is 2.97. The Balaban J connectivity index is 1.91. The summed E-state index contributed by atoms with van der Waals surface area (Å²) in [5.74, 6) is -0.274. The van der Waals surface area contributed by atoms with Gasteiger partial charge in [0, 0.05) is 24.2 Å². The van der Waals surface area contributed by atoms with Gasteiger partial charge in [0.25, 0.3) is 0 Å². The van der Waals surface area contributed by atoms with Crippen LogP contribution in [0.1, 0.15) is 46.1 Å². The first-order chi connectivity index (χ1) is 14.1. The molecule has 1 aromatic rings. The molecule has 0 aromatic heterocycles. The van der Waals surface area contributed by atoms with Crippen molar-refractivity contribution in [3.8, 4) is 0 Å². The Hall–Kier alpha value is -1.63. The number of halogens is 1. The molecule has 30 heavy (non-hydrogen) atoms. The molecule has 0 bridgehead atoms. The van der Waals surface area contributed by atoms with Gasteiger partial charge in [-0.2, -0.15) is 0 Å². The molecule has 0 saturated carbocycles. The van der Waals surface area contributed by atoms with Crippen molar-refractivity contribution in [3.63, 3.8) is 0 Å². The van der Waals surface area contributed by atoms with Gasteiger partial charge in [-0.1, -0.05) is 44.5 Å². The second-order valence-electron chi connectivity index (χ2n) is 9.34. The molecule has 0 aliphatic carbocycles. The van der Waals surface area contributed by atoms with E-state index in [0.717, 1.165) is 43.9 Å². The van der Waals surface area contributed by atoms with Gasteiger partial charge in [0.15, 0.2) is 0 Å². The third-order valence-electron chi connectivity index (χ3n) is 5.72. The van der Waals surface area contributed by atoms with Crippen LogP contribution in [-0.2, 0) is 16.0 Å². The number of likely N-dealkylation sites (tertiary alicyclic amines) is 1. The molecular formula is C23H37ClN4O2. The van der Waals surface area contributed by atoms with Crippen LogP contribution < -0.4 is 16.0 Å². The number of carbonyl (C=O) groups is 2. The number of rotatable bonds is 8. The molecule has 1 aliphatic rings. The van der Waals surface area contributed by atoms with E-state index in [-0.39, 0.29) is 29.3 Å². The molecule has 1 aromatic carbocycles. The minimum atomic E-state index is -0.578. The number of likely N-dealkylation sites (N-methyl/N-ethyl adjacent to an activating group) is 1. The van der Waals surface area contributed by atoms with E-state index in [1.807, 2.05) is 32.9 Å². The molecule has 3 N–H and O–H groups in total. The highest BCUT2D eigenvalue weighted by atomic mass is 35.5. The Bertz CT molecular complexity index is 702. The fraction of sp³-hybridized carbons (Fsp3) is 0.652. The van der Waals surface area contributed by atoms with E-state index >= 15 is 0 Å². The number of carbonyl (C=O) groups excluding carboxylic acids is 2. The standard InChI is InChI=1S/C23H37ClN4O2/c1-16(25-5)21(29)27-20(23(2,3)4)22(30)26-19-7-6-13-28(15-19)14-12-17-8-10-18(24)11-9-17/h8-11,16,19-20,25H,6-7,12-15H2,1-5H3,(H,26,30)(H,27,29)/t16-,19-,20+/m0/s1. The van der Waals surface area contributed by atoms with Crippen LogP contribution in [0.4, 0.5) is 0 Å². The van der Waals surface area contributed by atoms with Crippen molar-refractivity contribution in [3.05, 3.63) is 34.9 Å². The van der Waals surface area contributed by atoms with Crippen molar-refractivity contribution in [2.45, 2.75) is 65.1 Å². The van der Waals surface area contributed by atoms with Crippen molar-refractivity contribution in [1.29, 1.82) is 0 Å². The molecule has 2 rings (SSSR count). The SMILES string of the molecule is CN[C@@H](C)C(=O)N[C@H](C(=O)N[C@H]1CCCN(CCc2ccc(Cl)cc2)C1)C(C)(C)C. The average Bonchev–Trinajstić information content (AvgIpc) is 2.70. The Morgan fingerprint density at radius 3 is 2.47 bits per heavy atom. The van der Waals surface area contributed by atoms with Crippen molar-refractivity contribution in [1.82, 2.24) is 20.9 Å². The summed E-state index contributed by atoms with van der Waals surface area (Å²) in [4.78, 5) is 27.8. The highest BCUT2D eigenvalue weighted by Crippen LogP contribution is 2.21. The largest absolute Gasteiger partial charge is 0.350 e. The van der Waals surface area contributed by atoms with Gasteiger partial charge in [-0.05, 0) is 62.9 Å². The number of benzene rings is 1. The van der Waals surface area contributed by atoms with E-state index < -0.39 is 6.04 Å². The lowest BCUT2D eigenvalue weighted by atomic mass is 9.85. The normalized spacial score (nSPS) is 19.7. The molecule has 0 unspecified atom stereocenters. The maximum absolute atomic E-state index is 13.0. The molecule has 168 valence electrons. The first-order valence-electron chi connectivity index (χ1n) is 10.8. The highest BCUT2D eigenvalue weighted by Gasteiger charge is 2.35. The maximum Gasteiger partial charge on any atom is 0.243 e. The van der Waals surface area contributed by atoms with Gasteiger partial charge in [0.1, 0.15) is 6.04 Å². The average molecular weight is 437 g/mol. The van der Waals surface area contributed by atoms with Crippen LogP contribution in [0.5, 0.6) is 0 Å². The fourth-order valence-corrected chi connectivity index (χ4v) is 3.80. The second-order valence-corrected chi connectivity index (χ2v) is 9.78. The molecule has 3 atom stereocenters.